The predicted octanol–water partition coefficient (Wildman–Crippen LogP) is 4.61. The van der Waals surface area contributed by atoms with Crippen LogP contribution in [0, 0.1) is 10.1 Å². The zero-order valence-electron chi connectivity index (χ0n) is 18.1. The number of hydrogen-bond acceptors (Lipinski definition) is 5. The third kappa shape index (κ3) is 3.82. The molecular weight excluding hydrogens is 449 g/mol. The predicted molar refractivity (Wildman–Crippen MR) is 120 cm³/mol. The van der Waals surface area contributed by atoms with Crippen molar-refractivity contribution in [1.29, 1.82) is 0 Å². The molecule has 1 aliphatic carbocycles. The number of nitrogens with zero attached hydrogens (tertiary/aromatic N) is 4. The highest BCUT2D eigenvalue weighted by molar-refractivity contribution is 6.08. The highest BCUT2D eigenvalue weighted by atomic mass is 19.4. The highest BCUT2D eigenvalue weighted by Gasteiger charge is 2.35. The molecule has 2 aromatic carbocycles. The van der Waals surface area contributed by atoms with Gasteiger partial charge < -0.3 is 9.80 Å². The van der Waals surface area contributed by atoms with Crippen LogP contribution in [-0.2, 0) is 19.0 Å². The van der Waals surface area contributed by atoms with Crippen LogP contribution in [0.5, 0.6) is 0 Å². The van der Waals surface area contributed by atoms with E-state index in [-0.39, 0.29) is 24.7 Å². The van der Waals surface area contributed by atoms with Crippen molar-refractivity contribution in [3.8, 4) is 0 Å². The lowest BCUT2D eigenvalue weighted by Crippen LogP contribution is -2.49. The Morgan fingerprint density at radius 1 is 1.03 bits per heavy atom. The fourth-order valence-electron chi connectivity index (χ4n) is 4.88. The molecule has 1 fully saturated rings. The first-order valence-electron chi connectivity index (χ1n) is 11.0. The molecule has 10 heteroatoms. The van der Waals surface area contributed by atoms with Gasteiger partial charge in [0.05, 0.1) is 21.6 Å². The Labute approximate surface area is 192 Å². The summed E-state index contributed by atoms with van der Waals surface area (Å²) in [6.07, 6.45) is -2.08. The number of aromatic nitrogens is 1. The number of rotatable bonds is 3. The molecule has 0 N–H and O–H groups in total. The molecule has 1 aromatic heterocycles. The second kappa shape index (κ2) is 8.27. The third-order valence-electron chi connectivity index (χ3n) is 6.54. The smallest absolute Gasteiger partial charge is 0.362 e. The Hall–Kier alpha value is -3.69. The Bertz CT molecular complexity index is 1300. The number of nitro groups is 1. The van der Waals surface area contributed by atoms with E-state index >= 15 is 0 Å². The number of fused-ring (bicyclic) bond motifs is 2. The van der Waals surface area contributed by atoms with E-state index in [1.54, 1.807) is 9.80 Å². The number of alkyl halides is 3. The van der Waals surface area contributed by atoms with Gasteiger partial charge in [-0.3, -0.25) is 19.9 Å². The van der Waals surface area contributed by atoms with E-state index in [0.717, 1.165) is 53.6 Å². The SMILES string of the molecule is O=C(c1c2c(nc3ccccc13)CCC2)N1CCN(c2ccc(C(F)(F)F)cc2[N+](=O)[O-])CC1. The van der Waals surface area contributed by atoms with Crippen LogP contribution in [0.15, 0.2) is 42.5 Å². The summed E-state index contributed by atoms with van der Waals surface area (Å²) in [6.45, 7) is 1.18. The van der Waals surface area contributed by atoms with Gasteiger partial charge in [0, 0.05) is 43.3 Å². The monoisotopic (exact) mass is 470 g/mol. The molecule has 7 nitrogen and oxygen atoms in total. The van der Waals surface area contributed by atoms with Crippen molar-refractivity contribution in [3.05, 3.63) is 75.0 Å². The van der Waals surface area contributed by atoms with E-state index in [1.165, 1.54) is 0 Å². The first kappa shape index (κ1) is 22.1. The summed E-state index contributed by atoms with van der Waals surface area (Å²) in [7, 11) is 0. The third-order valence-corrected chi connectivity index (χ3v) is 6.54. The maximum absolute atomic E-state index is 13.6. The van der Waals surface area contributed by atoms with Crippen LogP contribution in [0.25, 0.3) is 10.9 Å². The summed E-state index contributed by atoms with van der Waals surface area (Å²) in [5, 5.41) is 12.3. The lowest BCUT2D eigenvalue weighted by atomic mass is 9.99. The minimum atomic E-state index is -4.66. The van der Waals surface area contributed by atoms with Gasteiger partial charge in [0.15, 0.2) is 0 Å². The lowest BCUT2D eigenvalue weighted by Gasteiger charge is -2.36. The summed E-state index contributed by atoms with van der Waals surface area (Å²) in [6, 6.07) is 10.1. The first-order valence-corrected chi connectivity index (χ1v) is 11.0. The Morgan fingerprint density at radius 3 is 2.47 bits per heavy atom. The van der Waals surface area contributed by atoms with E-state index in [0.29, 0.717) is 24.7 Å². The molecule has 5 rings (SSSR count). The minimum absolute atomic E-state index is 0.0988. The molecule has 1 saturated heterocycles. The van der Waals surface area contributed by atoms with Crippen molar-refractivity contribution in [2.45, 2.75) is 25.4 Å². The maximum atomic E-state index is 13.6. The standard InChI is InChI=1S/C24H21F3N4O3/c25-24(26,27)15-8-9-20(21(14-15)31(33)34)29-10-12-30(13-11-29)23(32)22-16-4-1-2-6-18(16)28-19-7-3-5-17(19)22/h1-2,4,6,8-9,14H,3,5,7,10-13H2. The molecule has 2 heterocycles. The van der Waals surface area contributed by atoms with Gasteiger partial charge in [-0.1, -0.05) is 18.2 Å². The number of aryl methyl sites for hydroxylation is 1. The van der Waals surface area contributed by atoms with Gasteiger partial charge in [-0.25, -0.2) is 0 Å². The second-order valence-electron chi connectivity index (χ2n) is 8.52. The van der Waals surface area contributed by atoms with E-state index in [2.05, 4.69) is 0 Å². The van der Waals surface area contributed by atoms with Crippen LogP contribution in [0.2, 0.25) is 0 Å². The van der Waals surface area contributed by atoms with Gasteiger partial charge in [0.25, 0.3) is 11.6 Å². The average molecular weight is 470 g/mol. The van der Waals surface area contributed by atoms with Gasteiger partial charge >= 0.3 is 6.18 Å². The summed E-state index contributed by atoms with van der Waals surface area (Å²) in [5.41, 5.74) is 1.88. The number of benzene rings is 2. The molecule has 1 amide bonds. The van der Waals surface area contributed by atoms with E-state index in [1.807, 2.05) is 24.3 Å². The number of nitro benzene ring substituents is 1. The maximum Gasteiger partial charge on any atom is 0.416 e. The van der Waals surface area contributed by atoms with Crippen LogP contribution >= 0.6 is 0 Å². The summed E-state index contributed by atoms with van der Waals surface area (Å²) in [5.74, 6) is -0.0988. The Morgan fingerprint density at radius 2 is 1.76 bits per heavy atom. The van der Waals surface area contributed by atoms with E-state index in [9.17, 15) is 28.1 Å². The first-order chi connectivity index (χ1) is 16.2. The van der Waals surface area contributed by atoms with Crippen LogP contribution in [-0.4, -0.2) is 46.9 Å². The van der Waals surface area contributed by atoms with Crippen LogP contribution in [0.3, 0.4) is 0 Å². The normalized spacial score (nSPS) is 16.1. The quantitative estimate of drug-likeness (QED) is 0.413. The van der Waals surface area contributed by atoms with Crippen molar-refractivity contribution in [2.24, 2.45) is 0 Å². The fraction of sp³-hybridized carbons (Fsp3) is 0.333. The number of amides is 1. The summed E-state index contributed by atoms with van der Waals surface area (Å²) >= 11 is 0. The molecule has 0 unspecified atom stereocenters. The van der Waals surface area contributed by atoms with Crippen LogP contribution < -0.4 is 4.90 Å². The largest absolute Gasteiger partial charge is 0.416 e. The lowest BCUT2D eigenvalue weighted by molar-refractivity contribution is -0.384. The van der Waals surface area contributed by atoms with Gasteiger partial charge in [-0.15, -0.1) is 0 Å². The van der Waals surface area contributed by atoms with Crippen molar-refractivity contribution in [1.82, 2.24) is 9.88 Å². The topological polar surface area (TPSA) is 79.6 Å². The number of para-hydroxylation sites is 1. The van der Waals surface area contributed by atoms with Crippen LogP contribution in [0.1, 0.15) is 33.6 Å². The zero-order valence-corrected chi connectivity index (χ0v) is 18.1. The number of piperazine rings is 1. The number of carbonyl (C=O) groups is 1. The highest BCUT2D eigenvalue weighted by Crippen LogP contribution is 2.37. The summed E-state index contributed by atoms with van der Waals surface area (Å²) < 4.78 is 39.1. The zero-order chi connectivity index (χ0) is 24.0. The van der Waals surface area contributed by atoms with Gasteiger partial charge in [0.1, 0.15) is 5.69 Å². The number of carbonyl (C=O) groups excluding carboxylic acids is 1. The van der Waals surface area contributed by atoms with Gasteiger partial charge in [-0.05, 0) is 43.0 Å². The fourth-order valence-corrected chi connectivity index (χ4v) is 4.88. The van der Waals surface area contributed by atoms with Crippen molar-refractivity contribution in [2.75, 3.05) is 31.1 Å². The number of hydrogen-bond donors (Lipinski definition) is 0. The number of anilines is 1. The molecule has 0 radical (unpaired) electrons. The second-order valence-corrected chi connectivity index (χ2v) is 8.52. The molecule has 2 aliphatic rings. The molecule has 3 aromatic rings. The molecule has 34 heavy (non-hydrogen) atoms. The molecule has 0 saturated carbocycles. The van der Waals surface area contributed by atoms with Gasteiger partial charge in [0.2, 0.25) is 0 Å². The number of halogens is 3. The molecule has 176 valence electrons. The molecule has 1 aliphatic heterocycles. The molecule has 0 atom stereocenters. The van der Waals surface area contributed by atoms with Crippen molar-refractivity contribution >= 4 is 28.2 Å². The molecule has 0 bridgehead atoms. The van der Waals surface area contributed by atoms with E-state index < -0.39 is 22.4 Å². The Balaban J connectivity index is 1.40. The minimum Gasteiger partial charge on any atom is -0.362 e. The van der Waals surface area contributed by atoms with Gasteiger partial charge in [-0.2, -0.15) is 13.2 Å². The molecular formula is C24H21F3N4O3. The summed E-state index contributed by atoms with van der Waals surface area (Å²) in [4.78, 5) is 32.4. The van der Waals surface area contributed by atoms with Crippen LogP contribution in [0.4, 0.5) is 24.5 Å². The van der Waals surface area contributed by atoms with Crippen molar-refractivity contribution in [3.63, 3.8) is 0 Å². The Kier molecular flexibility index (Phi) is 5.38. The average Bonchev–Trinajstić information content (AvgIpc) is 3.29. The van der Waals surface area contributed by atoms with Crippen molar-refractivity contribution < 1.29 is 22.9 Å². The molecule has 0 spiro atoms. The van der Waals surface area contributed by atoms with E-state index in [4.69, 9.17) is 4.98 Å². The number of pyridine rings is 1.